The number of aliphatic hydroxyl groups excluding tert-OH is 2. The van der Waals surface area contributed by atoms with E-state index in [1.165, 1.54) is 34.6 Å². The van der Waals surface area contributed by atoms with Gasteiger partial charge < -0.3 is 58.9 Å². The quantitative estimate of drug-likeness (QED) is 0.119. The molecular weight excluding hydrogens is 830 g/mol. The number of alkyl carbamates (subject to hydrolysis) is 1. The number of carbonyl (C=O) groups excluding carboxylic acids is 6. The number of amides is 1. The summed E-state index contributed by atoms with van der Waals surface area (Å²) in [6, 6.07) is -1.88. The van der Waals surface area contributed by atoms with Gasteiger partial charge >= 0.3 is 36.1 Å². The number of nitrogens with one attached hydrogen (secondary N) is 1. The smallest absolute Gasteiger partial charge is 0.481 e. The SMILES string of the molecule is COC(=O)O[C@@]12CO[C@@H]1CC(O)[C@@]1(C)C(=O)[C@H](OC(C)=O)C3=C(C)[C@@](C)(OC(=O)[C@H](O)[C@@H](NC(=O)OC(C)(C)C)C(C)(C)C(=O)O)C[C@@](O)([C@@H](OC(=O)C4CCCCC4)C12)C3(C)C. The van der Waals surface area contributed by atoms with Gasteiger partial charge in [-0.3, -0.25) is 19.2 Å². The van der Waals surface area contributed by atoms with Crippen LogP contribution in [0, 0.1) is 28.1 Å². The van der Waals surface area contributed by atoms with Crippen LogP contribution in [0.2, 0.25) is 0 Å². The van der Waals surface area contributed by atoms with Crippen LogP contribution in [0.5, 0.6) is 0 Å². The van der Waals surface area contributed by atoms with E-state index in [1.807, 2.05) is 0 Å². The van der Waals surface area contributed by atoms with Crippen molar-refractivity contribution in [2.75, 3.05) is 13.7 Å². The molecule has 354 valence electrons. The van der Waals surface area contributed by atoms with Crippen molar-refractivity contribution in [2.45, 2.75) is 180 Å². The first kappa shape index (κ1) is 49.7. The number of rotatable bonds is 10. The number of Topliss-reactive ketones (excluding diaryl/α,β-unsaturated/α-hetero) is 1. The normalized spacial score (nSPS) is 35.1. The molecule has 0 spiro atoms. The minimum absolute atomic E-state index is 0.0570. The second-order valence-corrected chi connectivity index (χ2v) is 20.4. The van der Waals surface area contributed by atoms with Gasteiger partial charge in [0.05, 0.1) is 48.5 Å². The summed E-state index contributed by atoms with van der Waals surface area (Å²) in [6.07, 6.45) is -9.04. The zero-order valence-electron chi connectivity index (χ0n) is 38.3. The fraction of sp³-hybridized carbons (Fsp3) is 0.795. The van der Waals surface area contributed by atoms with E-state index in [1.54, 1.807) is 20.8 Å². The fourth-order valence-electron chi connectivity index (χ4n) is 10.6. The van der Waals surface area contributed by atoms with Crippen molar-refractivity contribution < 1.29 is 87.1 Å². The highest BCUT2D eigenvalue weighted by Gasteiger charge is 2.79. The zero-order chi connectivity index (χ0) is 47.6. The average Bonchev–Trinajstić information content (AvgIpc) is 3.17. The molecule has 19 heteroatoms. The molecule has 5 aliphatic rings. The number of ether oxygens (including phenoxy) is 7. The summed E-state index contributed by atoms with van der Waals surface area (Å²) in [4.78, 5) is 96.2. The third kappa shape index (κ3) is 8.42. The van der Waals surface area contributed by atoms with Gasteiger partial charge in [-0.05, 0) is 79.4 Å². The lowest BCUT2D eigenvalue weighted by molar-refractivity contribution is -0.347. The van der Waals surface area contributed by atoms with Crippen LogP contribution in [0.4, 0.5) is 9.59 Å². The summed E-state index contributed by atoms with van der Waals surface area (Å²) < 4.78 is 40.6. The lowest BCUT2D eigenvalue weighted by Gasteiger charge is -2.68. The second kappa shape index (κ2) is 16.9. The summed E-state index contributed by atoms with van der Waals surface area (Å²) in [7, 11) is 1.06. The number of carboxylic acid groups (broad SMARTS) is 1. The van der Waals surface area contributed by atoms with Crippen LogP contribution in [0.15, 0.2) is 11.1 Å². The van der Waals surface area contributed by atoms with Gasteiger partial charge in [0.2, 0.25) is 0 Å². The van der Waals surface area contributed by atoms with Crippen LogP contribution in [0.25, 0.3) is 0 Å². The molecule has 4 aliphatic carbocycles. The first-order valence-corrected chi connectivity index (χ1v) is 21.4. The Morgan fingerprint density at radius 1 is 0.937 bits per heavy atom. The number of hydrogen-bond donors (Lipinski definition) is 5. The largest absolute Gasteiger partial charge is 0.508 e. The van der Waals surface area contributed by atoms with Crippen molar-refractivity contribution >= 4 is 41.9 Å². The van der Waals surface area contributed by atoms with Gasteiger partial charge in [-0.2, -0.15) is 0 Å². The van der Waals surface area contributed by atoms with Crippen molar-refractivity contribution in [1.29, 1.82) is 0 Å². The topological polar surface area (TPSA) is 277 Å². The van der Waals surface area contributed by atoms with Gasteiger partial charge in [-0.15, -0.1) is 0 Å². The number of carbonyl (C=O) groups is 7. The standard InChI is InChI=1S/C44H65NO18/c1-21-26-28(59-22(2)46)31(49)42(11)24(47)18-25-43(20-58-25,63-37(55)57-12)29(42)32(60-33(50)23-16-14-13-15-17-23)44(56,40(26,8)9)19-41(21,10)61-34(51)27(48)30(39(6,7)35(52)53)45-36(54)62-38(3,4)5/h23-25,27-30,32,47-48,56H,13-20H2,1-12H3,(H,45,54)(H,52,53)/t24?,25-,27-,28-,29?,30-,32+,41+,42-,43+,44-/m1/s1. The summed E-state index contributed by atoms with van der Waals surface area (Å²) >= 11 is 0. The molecule has 0 radical (unpaired) electrons. The molecule has 0 aromatic carbocycles. The van der Waals surface area contributed by atoms with Crippen molar-refractivity contribution in [3.63, 3.8) is 0 Å². The molecule has 5 rings (SSSR count). The molecule has 11 atom stereocenters. The Hall–Kier alpha value is -4.33. The van der Waals surface area contributed by atoms with E-state index in [0.717, 1.165) is 34.3 Å². The number of aliphatic carboxylic acids is 1. The maximum absolute atomic E-state index is 15.6. The van der Waals surface area contributed by atoms with Gasteiger partial charge in [-0.25, -0.2) is 14.4 Å². The predicted octanol–water partition coefficient (Wildman–Crippen LogP) is 3.45. The number of carboxylic acids is 1. The van der Waals surface area contributed by atoms with Gasteiger partial charge in [0.1, 0.15) is 29.0 Å². The molecule has 1 amide bonds. The molecule has 3 saturated carbocycles. The number of fused-ring (bicyclic) bond motifs is 5. The molecule has 1 saturated heterocycles. The van der Waals surface area contributed by atoms with Crippen LogP contribution < -0.4 is 5.32 Å². The second-order valence-electron chi connectivity index (χ2n) is 20.4. The van der Waals surface area contributed by atoms with Crippen LogP contribution >= 0.6 is 0 Å². The van der Waals surface area contributed by atoms with Crippen LogP contribution in [-0.2, 0) is 57.1 Å². The lowest BCUT2D eigenvalue weighted by Crippen LogP contribution is -2.82. The van der Waals surface area contributed by atoms with E-state index < -0.39 is 142 Å². The maximum Gasteiger partial charge on any atom is 0.508 e. The summed E-state index contributed by atoms with van der Waals surface area (Å²) in [6.45, 7) is 14.8. The Kier molecular flexibility index (Phi) is 13.3. The number of hydrogen-bond acceptors (Lipinski definition) is 17. The van der Waals surface area contributed by atoms with Gasteiger partial charge in [0.25, 0.3) is 0 Å². The van der Waals surface area contributed by atoms with E-state index in [9.17, 15) is 49.2 Å². The molecule has 0 aromatic rings. The number of esters is 3. The monoisotopic (exact) mass is 895 g/mol. The third-order valence-electron chi connectivity index (χ3n) is 14.5. The number of ketones is 1. The Morgan fingerprint density at radius 3 is 2.05 bits per heavy atom. The van der Waals surface area contributed by atoms with Crippen LogP contribution in [0.3, 0.4) is 0 Å². The lowest BCUT2D eigenvalue weighted by atomic mass is 9.44. The molecule has 1 heterocycles. The van der Waals surface area contributed by atoms with Crippen molar-refractivity contribution in [1.82, 2.24) is 5.32 Å². The zero-order valence-corrected chi connectivity index (χ0v) is 38.3. The van der Waals surface area contributed by atoms with Gasteiger partial charge in [0.15, 0.2) is 23.6 Å². The Labute approximate surface area is 366 Å². The highest BCUT2D eigenvalue weighted by Crippen LogP contribution is 2.65. The van der Waals surface area contributed by atoms with E-state index in [2.05, 4.69) is 5.32 Å². The Balaban J connectivity index is 1.77. The molecule has 2 unspecified atom stereocenters. The van der Waals surface area contributed by atoms with E-state index in [4.69, 9.17) is 33.2 Å². The molecule has 2 bridgehead atoms. The highest BCUT2D eigenvalue weighted by atomic mass is 16.8. The molecule has 63 heavy (non-hydrogen) atoms. The van der Waals surface area contributed by atoms with E-state index in [-0.39, 0.29) is 17.6 Å². The third-order valence-corrected chi connectivity index (χ3v) is 14.5. The van der Waals surface area contributed by atoms with Crippen molar-refractivity contribution in [3.05, 3.63) is 11.1 Å². The Morgan fingerprint density at radius 2 is 1.54 bits per heavy atom. The number of methoxy groups -OCH3 is 1. The fourth-order valence-corrected chi connectivity index (χ4v) is 10.6. The molecule has 0 aromatic heterocycles. The van der Waals surface area contributed by atoms with Crippen LogP contribution in [0.1, 0.15) is 121 Å². The van der Waals surface area contributed by atoms with E-state index in [0.29, 0.717) is 25.7 Å². The summed E-state index contributed by atoms with van der Waals surface area (Å²) in [5, 5.41) is 50.1. The summed E-state index contributed by atoms with van der Waals surface area (Å²) in [5.41, 5.74) is -13.5. The van der Waals surface area contributed by atoms with Crippen LogP contribution in [-0.4, -0.2) is 135 Å². The minimum Gasteiger partial charge on any atom is -0.481 e. The maximum atomic E-state index is 15.6. The molecule has 1 aliphatic heterocycles. The minimum atomic E-state index is -2.49. The molecular formula is C44H65NO18. The van der Waals surface area contributed by atoms with Gasteiger partial charge in [-0.1, -0.05) is 33.1 Å². The summed E-state index contributed by atoms with van der Waals surface area (Å²) in [5.74, 6) is -7.88. The highest BCUT2D eigenvalue weighted by molar-refractivity contribution is 5.95. The van der Waals surface area contributed by atoms with Crippen molar-refractivity contribution in [2.24, 2.45) is 28.1 Å². The van der Waals surface area contributed by atoms with Crippen molar-refractivity contribution in [3.8, 4) is 0 Å². The predicted molar refractivity (Wildman–Crippen MR) is 216 cm³/mol. The first-order chi connectivity index (χ1) is 28.9. The van der Waals surface area contributed by atoms with E-state index >= 15 is 4.79 Å². The molecule has 19 nitrogen and oxygen atoms in total. The molecule has 5 N–H and O–H groups in total. The number of aliphatic hydroxyl groups is 3. The molecule has 4 fully saturated rings. The average molecular weight is 896 g/mol. The van der Waals surface area contributed by atoms with Gasteiger partial charge in [0, 0.05) is 25.2 Å². The Bertz CT molecular complexity index is 1910. The first-order valence-electron chi connectivity index (χ1n) is 21.4.